The van der Waals surface area contributed by atoms with Crippen molar-refractivity contribution in [3.8, 4) is 0 Å². The lowest BCUT2D eigenvalue weighted by atomic mass is 10.0. The third-order valence-corrected chi connectivity index (χ3v) is 3.31. The number of hydrogen-bond acceptors (Lipinski definition) is 3. The van der Waals surface area contributed by atoms with Gasteiger partial charge in [-0.05, 0) is 25.5 Å². The van der Waals surface area contributed by atoms with E-state index in [0.29, 0.717) is 18.5 Å². The lowest BCUT2D eigenvalue weighted by Crippen LogP contribution is -2.50. The summed E-state index contributed by atoms with van der Waals surface area (Å²) in [6, 6.07) is 7.20. The molecule has 3 N–H and O–H groups in total. The van der Waals surface area contributed by atoms with Gasteiger partial charge in [0.2, 0.25) is 0 Å². The van der Waals surface area contributed by atoms with Crippen LogP contribution in [0.2, 0.25) is 0 Å². The van der Waals surface area contributed by atoms with E-state index in [1.807, 2.05) is 19.1 Å². The van der Waals surface area contributed by atoms with E-state index in [0.717, 1.165) is 5.56 Å². The van der Waals surface area contributed by atoms with Crippen LogP contribution in [0.3, 0.4) is 0 Å². The molecule has 1 atom stereocenters. The SMILES string of the molecule is Cc1ccc(C(=O)N2CCC(N)(C(=O)O)C2)cc1. The number of hydrogen-bond donors (Lipinski definition) is 2. The molecule has 0 aromatic heterocycles. The van der Waals surface area contributed by atoms with Gasteiger partial charge < -0.3 is 15.7 Å². The normalized spacial score (nSPS) is 23.1. The number of carboxylic acid groups (broad SMARTS) is 1. The standard InChI is InChI=1S/C13H16N2O3/c1-9-2-4-10(5-3-9)11(16)15-7-6-13(14,8-15)12(17)18/h2-5H,6-8,14H2,1H3,(H,17,18). The van der Waals surface area contributed by atoms with Crippen molar-refractivity contribution in [3.63, 3.8) is 0 Å². The predicted molar refractivity (Wildman–Crippen MR) is 66.3 cm³/mol. The molecule has 1 aliphatic rings. The zero-order valence-electron chi connectivity index (χ0n) is 10.2. The Bertz CT molecular complexity index is 484. The highest BCUT2D eigenvalue weighted by molar-refractivity contribution is 5.95. The maximum atomic E-state index is 12.1. The van der Waals surface area contributed by atoms with E-state index in [2.05, 4.69) is 0 Å². The van der Waals surface area contributed by atoms with Crippen LogP contribution in [0.1, 0.15) is 22.3 Å². The molecule has 1 aliphatic heterocycles. The van der Waals surface area contributed by atoms with Gasteiger partial charge in [0.25, 0.3) is 5.91 Å². The molecule has 1 aromatic carbocycles. The number of rotatable bonds is 2. The van der Waals surface area contributed by atoms with Crippen LogP contribution < -0.4 is 5.73 Å². The second kappa shape index (κ2) is 4.42. The van der Waals surface area contributed by atoms with Gasteiger partial charge in [0.1, 0.15) is 5.54 Å². The molecule has 1 fully saturated rings. The smallest absolute Gasteiger partial charge is 0.325 e. The highest BCUT2D eigenvalue weighted by atomic mass is 16.4. The summed E-state index contributed by atoms with van der Waals surface area (Å²) in [5, 5.41) is 9.02. The molecule has 0 aliphatic carbocycles. The van der Waals surface area contributed by atoms with Crippen molar-refractivity contribution in [3.05, 3.63) is 35.4 Å². The zero-order chi connectivity index (χ0) is 13.3. The van der Waals surface area contributed by atoms with Gasteiger partial charge in [0.15, 0.2) is 0 Å². The first kappa shape index (κ1) is 12.6. The van der Waals surface area contributed by atoms with Gasteiger partial charge in [-0.15, -0.1) is 0 Å². The third kappa shape index (κ3) is 2.22. The van der Waals surface area contributed by atoms with Crippen LogP contribution in [0.15, 0.2) is 24.3 Å². The summed E-state index contributed by atoms with van der Waals surface area (Å²) in [7, 11) is 0. The highest BCUT2D eigenvalue weighted by Gasteiger charge is 2.42. The van der Waals surface area contributed by atoms with Gasteiger partial charge in [-0.25, -0.2) is 0 Å². The Morgan fingerprint density at radius 3 is 2.44 bits per heavy atom. The minimum atomic E-state index is -1.31. The van der Waals surface area contributed by atoms with Crippen molar-refractivity contribution in [1.29, 1.82) is 0 Å². The molecule has 5 heteroatoms. The topological polar surface area (TPSA) is 83.6 Å². The average molecular weight is 248 g/mol. The van der Waals surface area contributed by atoms with Gasteiger partial charge in [0, 0.05) is 18.7 Å². The molecule has 96 valence electrons. The minimum absolute atomic E-state index is 0.0645. The van der Waals surface area contributed by atoms with Gasteiger partial charge in [-0.3, -0.25) is 9.59 Å². The largest absolute Gasteiger partial charge is 0.480 e. The summed E-state index contributed by atoms with van der Waals surface area (Å²) in [5.41, 5.74) is 6.07. The summed E-state index contributed by atoms with van der Waals surface area (Å²) in [6.07, 6.45) is 0.292. The first-order valence-electron chi connectivity index (χ1n) is 5.81. The zero-order valence-corrected chi connectivity index (χ0v) is 10.2. The Kier molecular flexibility index (Phi) is 3.09. The maximum Gasteiger partial charge on any atom is 0.325 e. The molecule has 1 unspecified atom stereocenters. The lowest BCUT2D eigenvalue weighted by Gasteiger charge is -2.20. The maximum absolute atomic E-state index is 12.1. The Morgan fingerprint density at radius 2 is 1.94 bits per heavy atom. The fraction of sp³-hybridized carbons (Fsp3) is 0.385. The van der Waals surface area contributed by atoms with Crippen molar-refractivity contribution in [2.45, 2.75) is 18.9 Å². The number of nitrogens with two attached hydrogens (primary N) is 1. The number of aliphatic carboxylic acids is 1. The monoisotopic (exact) mass is 248 g/mol. The van der Waals surface area contributed by atoms with Gasteiger partial charge in [-0.2, -0.15) is 0 Å². The second-order valence-corrected chi connectivity index (χ2v) is 4.80. The summed E-state index contributed by atoms with van der Waals surface area (Å²) >= 11 is 0. The van der Waals surface area contributed by atoms with Gasteiger partial charge in [-0.1, -0.05) is 17.7 Å². The number of amides is 1. The van der Waals surface area contributed by atoms with Crippen molar-refractivity contribution in [2.75, 3.05) is 13.1 Å². The quantitative estimate of drug-likeness (QED) is 0.803. The third-order valence-electron chi connectivity index (χ3n) is 3.31. The summed E-state index contributed by atoms with van der Waals surface area (Å²) in [4.78, 5) is 24.7. The van der Waals surface area contributed by atoms with Crippen LogP contribution in [-0.2, 0) is 4.79 Å². The number of carbonyl (C=O) groups is 2. The highest BCUT2D eigenvalue weighted by Crippen LogP contribution is 2.21. The molecule has 1 heterocycles. The molecular weight excluding hydrogens is 232 g/mol. The molecule has 0 radical (unpaired) electrons. The van der Waals surface area contributed by atoms with E-state index >= 15 is 0 Å². The van der Waals surface area contributed by atoms with Crippen LogP contribution in [0.25, 0.3) is 0 Å². The van der Waals surface area contributed by atoms with Crippen LogP contribution in [0.4, 0.5) is 0 Å². The Labute approximate surface area is 105 Å². The first-order valence-corrected chi connectivity index (χ1v) is 5.81. The minimum Gasteiger partial charge on any atom is -0.480 e. The first-order chi connectivity index (χ1) is 8.42. The second-order valence-electron chi connectivity index (χ2n) is 4.80. The number of carbonyl (C=O) groups excluding carboxylic acids is 1. The van der Waals surface area contributed by atoms with Crippen LogP contribution in [0.5, 0.6) is 0 Å². The van der Waals surface area contributed by atoms with E-state index in [1.165, 1.54) is 4.90 Å². The van der Waals surface area contributed by atoms with E-state index < -0.39 is 11.5 Å². The average Bonchev–Trinajstić information content (AvgIpc) is 2.73. The number of likely N-dealkylation sites (tertiary alicyclic amines) is 1. The molecule has 5 nitrogen and oxygen atoms in total. The number of benzene rings is 1. The summed E-state index contributed by atoms with van der Waals surface area (Å²) in [5.74, 6) is -1.22. The van der Waals surface area contributed by atoms with Crippen molar-refractivity contribution in [1.82, 2.24) is 4.90 Å². The van der Waals surface area contributed by atoms with Gasteiger partial charge in [0.05, 0.1) is 0 Å². The van der Waals surface area contributed by atoms with E-state index in [9.17, 15) is 9.59 Å². The molecule has 0 saturated carbocycles. The molecular formula is C13H16N2O3. The van der Waals surface area contributed by atoms with Crippen LogP contribution in [0, 0.1) is 6.92 Å². The fourth-order valence-corrected chi connectivity index (χ4v) is 2.06. The number of carboxylic acids is 1. The summed E-state index contributed by atoms with van der Waals surface area (Å²) < 4.78 is 0. The Balaban J connectivity index is 2.12. The van der Waals surface area contributed by atoms with Crippen molar-refractivity contribution >= 4 is 11.9 Å². The van der Waals surface area contributed by atoms with Crippen molar-refractivity contribution < 1.29 is 14.7 Å². The Morgan fingerprint density at radius 1 is 1.33 bits per heavy atom. The molecule has 1 aromatic rings. The molecule has 1 saturated heterocycles. The van der Waals surface area contributed by atoms with Crippen LogP contribution in [-0.4, -0.2) is 40.5 Å². The predicted octanol–water partition coefficient (Wildman–Crippen LogP) is 0.623. The Hall–Kier alpha value is -1.88. The molecule has 1 amide bonds. The lowest BCUT2D eigenvalue weighted by molar-refractivity contribution is -0.142. The molecule has 0 spiro atoms. The molecule has 18 heavy (non-hydrogen) atoms. The number of nitrogens with zero attached hydrogens (tertiary/aromatic N) is 1. The van der Waals surface area contributed by atoms with E-state index in [-0.39, 0.29) is 12.5 Å². The molecule has 2 rings (SSSR count). The fourth-order valence-electron chi connectivity index (χ4n) is 2.06. The van der Waals surface area contributed by atoms with E-state index in [4.69, 9.17) is 10.8 Å². The van der Waals surface area contributed by atoms with Crippen molar-refractivity contribution in [2.24, 2.45) is 5.73 Å². The summed E-state index contributed by atoms with van der Waals surface area (Å²) in [6.45, 7) is 2.39. The number of aryl methyl sites for hydroxylation is 1. The van der Waals surface area contributed by atoms with Gasteiger partial charge >= 0.3 is 5.97 Å². The van der Waals surface area contributed by atoms with Crippen LogP contribution >= 0.6 is 0 Å². The van der Waals surface area contributed by atoms with E-state index in [1.54, 1.807) is 12.1 Å². The molecule has 0 bridgehead atoms.